The first-order valence-electron chi connectivity index (χ1n) is 6.39. The fourth-order valence-electron chi connectivity index (χ4n) is 2.01. The minimum atomic E-state index is -0.865. The van der Waals surface area contributed by atoms with Gasteiger partial charge < -0.3 is 11.1 Å². The number of nitrogens with one attached hydrogen (secondary N) is 1. The summed E-state index contributed by atoms with van der Waals surface area (Å²) in [5.41, 5.74) is 7.51. The summed E-state index contributed by atoms with van der Waals surface area (Å²) >= 11 is 3.34. The van der Waals surface area contributed by atoms with Gasteiger partial charge in [-0.05, 0) is 36.8 Å². The quantitative estimate of drug-likeness (QED) is 0.893. The molecule has 1 atom stereocenters. The van der Waals surface area contributed by atoms with Crippen molar-refractivity contribution in [1.82, 2.24) is 5.32 Å². The van der Waals surface area contributed by atoms with Crippen LogP contribution in [0.1, 0.15) is 27.5 Å². The predicted octanol–water partition coefficient (Wildman–Crippen LogP) is 2.71. The molecule has 108 valence electrons. The van der Waals surface area contributed by atoms with E-state index in [1.807, 2.05) is 19.1 Å². The zero-order valence-corrected chi connectivity index (χ0v) is 13.1. The molecule has 5 heteroatoms. The molecule has 21 heavy (non-hydrogen) atoms. The highest BCUT2D eigenvalue weighted by molar-refractivity contribution is 9.10. The third kappa shape index (κ3) is 3.92. The highest BCUT2D eigenvalue weighted by Gasteiger charge is 2.21. The minimum Gasteiger partial charge on any atom is -0.368 e. The summed E-state index contributed by atoms with van der Waals surface area (Å²) in [6, 6.07) is 13.4. The maximum atomic E-state index is 12.2. The lowest BCUT2D eigenvalue weighted by Gasteiger charge is -2.16. The van der Waals surface area contributed by atoms with E-state index in [9.17, 15) is 9.59 Å². The van der Waals surface area contributed by atoms with Crippen LogP contribution in [0.5, 0.6) is 0 Å². The van der Waals surface area contributed by atoms with E-state index >= 15 is 0 Å². The number of amides is 2. The zero-order valence-electron chi connectivity index (χ0n) is 11.5. The number of hydrogen-bond acceptors (Lipinski definition) is 2. The molecule has 3 N–H and O–H groups in total. The number of hydrogen-bond donors (Lipinski definition) is 2. The standard InChI is InChI=1S/C16H15BrN2O2/c1-10-4-2-6-12(8-10)16(21)19-14(15(18)20)11-5-3-7-13(17)9-11/h2-9,14H,1H3,(H2,18,20)(H,19,21)/t14-/m1/s1. The summed E-state index contributed by atoms with van der Waals surface area (Å²) in [6.07, 6.45) is 0. The topological polar surface area (TPSA) is 72.2 Å². The average Bonchev–Trinajstić information content (AvgIpc) is 2.44. The molecule has 2 aromatic carbocycles. The van der Waals surface area contributed by atoms with Gasteiger partial charge in [0.15, 0.2) is 0 Å². The van der Waals surface area contributed by atoms with Gasteiger partial charge >= 0.3 is 0 Å². The first-order valence-corrected chi connectivity index (χ1v) is 7.19. The number of primary amides is 1. The summed E-state index contributed by atoms with van der Waals surface area (Å²) in [5, 5.41) is 2.67. The molecular formula is C16H15BrN2O2. The van der Waals surface area contributed by atoms with E-state index in [-0.39, 0.29) is 5.91 Å². The highest BCUT2D eigenvalue weighted by Crippen LogP contribution is 2.18. The predicted molar refractivity (Wildman–Crippen MR) is 84.7 cm³/mol. The lowest BCUT2D eigenvalue weighted by molar-refractivity contribution is -0.120. The third-order valence-corrected chi connectivity index (χ3v) is 3.52. The van der Waals surface area contributed by atoms with E-state index in [4.69, 9.17) is 5.73 Å². The van der Waals surface area contributed by atoms with Crippen LogP contribution in [0.4, 0.5) is 0 Å². The Bertz CT molecular complexity index is 685. The van der Waals surface area contributed by atoms with Gasteiger partial charge in [-0.1, -0.05) is 45.8 Å². The summed E-state index contributed by atoms with van der Waals surface area (Å²) in [6.45, 7) is 1.90. The summed E-state index contributed by atoms with van der Waals surface area (Å²) in [7, 11) is 0. The van der Waals surface area contributed by atoms with Crippen LogP contribution in [0.25, 0.3) is 0 Å². The zero-order chi connectivity index (χ0) is 15.4. The Morgan fingerprint density at radius 1 is 1.14 bits per heavy atom. The first kappa shape index (κ1) is 15.3. The maximum absolute atomic E-state index is 12.2. The molecule has 2 amide bonds. The SMILES string of the molecule is Cc1cccc(C(=O)N[C@@H](C(N)=O)c2cccc(Br)c2)c1. The Hall–Kier alpha value is -2.14. The molecule has 0 spiro atoms. The number of aryl methyl sites for hydroxylation is 1. The Labute approximate surface area is 131 Å². The number of rotatable bonds is 4. The minimum absolute atomic E-state index is 0.331. The normalized spacial score (nSPS) is 11.7. The molecule has 0 bridgehead atoms. The fraction of sp³-hybridized carbons (Fsp3) is 0.125. The lowest BCUT2D eigenvalue weighted by Crippen LogP contribution is -2.37. The van der Waals surface area contributed by atoms with Gasteiger partial charge in [0.25, 0.3) is 5.91 Å². The number of halogens is 1. The molecule has 2 aromatic rings. The van der Waals surface area contributed by atoms with E-state index in [1.54, 1.807) is 36.4 Å². The third-order valence-electron chi connectivity index (χ3n) is 3.02. The first-order chi connectivity index (χ1) is 9.97. The average molecular weight is 347 g/mol. The van der Waals surface area contributed by atoms with Crippen molar-refractivity contribution in [3.63, 3.8) is 0 Å². The summed E-state index contributed by atoms with van der Waals surface area (Å²) < 4.78 is 0.816. The van der Waals surface area contributed by atoms with E-state index < -0.39 is 11.9 Å². The van der Waals surface area contributed by atoms with Gasteiger partial charge in [-0.3, -0.25) is 9.59 Å². The van der Waals surface area contributed by atoms with Gasteiger partial charge in [-0.15, -0.1) is 0 Å². The molecule has 4 nitrogen and oxygen atoms in total. The molecule has 0 unspecified atom stereocenters. The van der Waals surface area contributed by atoms with E-state index in [0.29, 0.717) is 11.1 Å². The maximum Gasteiger partial charge on any atom is 0.252 e. The molecule has 0 fully saturated rings. The smallest absolute Gasteiger partial charge is 0.252 e. The fourth-order valence-corrected chi connectivity index (χ4v) is 2.42. The number of carbonyl (C=O) groups is 2. The Kier molecular flexibility index (Phi) is 4.75. The lowest BCUT2D eigenvalue weighted by atomic mass is 10.1. The van der Waals surface area contributed by atoms with Crippen LogP contribution in [0.3, 0.4) is 0 Å². The van der Waals surface area contributed by atoms with Crippen molar-refractivity contribution in [3.8, 4) is 0 Å². The largest absolute Gasteiger partial charge is 0.368 e. The number of nitrogens with two attached hydrogens (primary N) is 1. The van der Waals surface area contributed by atoms with Gasteiger partial charge in [0.2, 0.25) is 5.91 Å². The van der Waals surface area contributed by atoms with Crippen LogP contribution in [0.15, 0.2) is 53.0 Å². The van der Waals surface area contributed by atoms with Crippen molar-refractivity contribution >= 4 is 27.7 Å². The van der Waals surface area contributed by atoms with Gasteiger partial charge in [0.1, 0.15) is 6.04 Å². The van der Waals surface area contributed by atoms with Gasteiger partial charge in [0, 0.05) is 10.0 Å². The summed E-state index contributed by atoms with van der Waals surface area (Å²) in [5.74, 6) is -0.934. The molecule has 2 rings (SSSR count). The second-order valence-electron chi connectivity index (χ2n) is 4.73. The summed E-state index contributed by atoms with van der Waals surface area (Å²) in [4.78, 5) is 23.9. The second-order valence-corrected chi connectivity index (χ2v) is 5.65. The van der Waals surface area contributed by atoms with Crippen LogP contribution in [-0.4, -0.2) is 11.8 Å². The van der Waals surface area contributed by atoms with Gasteiger partial charge in [-0.25, -0.2) is 0 Å². The van der Waals surface area contributed by atoms with Gasteiger partial charge in [-0.2, -0.15) is 0 Å². The molecule has 0 aliphatic carbocycles. The van der Waals surface area contributed by atoms with E-state index in [0.717, 1.165) is 10.0 Å². The van der Waals surface area contributed by atoms with Crippen molar-refractivity contribution in [3.05, 3.63) is 69.7 Å². The van der Waals surface area contributed by atoms with Crippen molar-refractivity contribution < 1.29 is 9.59 Å². The molecule has 0 saturated carbocycles. The highest BCUT2D eigenvalue weighted by atomic mass is 79.9. The van der Waals surface area contributed by atoms with Crippen LogP contribution in [0.2, 0.25) is 0 Å². The van der Waals surface area contributed by atoms with Crippen molar-refractivity contribution in [2.45, 2.75) is 13.0 Å². The molecule has 0 aromatic heterocycles. The molecule has 0 aliphatic rings. The van der Waals surface area contributed by atoms with E-state index in [1.165, 1.54) is 0 Å². The Morgan fingerprint density at radius 2 is 1.86 bits per heavy atom. The van der Waals surface area contributed by atoms with Gasteiger partial charge in [0.05, 0.1) is 0 Å². The van der Waals surface area contributed by atoms with Crippen molar-refractivity contribution in [2.24, 2.45) is 5.73 Å². The van der Waals surface area contributed by atoms with Crippen LogP contribution < -0.4 is 11.1 Å². The Balaban J connectivity index is 2.25. The van der Waals surface area contributed by atoms with Crippen LogP contribution in [0, 0.1) is 6.92 Å². The van der Waals surface area contributed by atoms with Crippen molar-refractivity contribution in [2.75, 3.05) is 0 Å². The van der Waals surface area contributed by atoms with Crippen molar-refractivity contribution in [1.29, 1.82) is 0 Å². The molecule has 0 aliphatic heterocycles. The second kappa shape index (κ2) is 6.54. The Morgan fingerprint density at radius 3 is 2.48 bits per heavy atom. The van der Waals surface area contributed by atoms with Crippen LogP contribution in [-0.2, 0) is 4.79 Å². The molecule has 0 saturated heterocycles. The number of carbonyl (C=O) groups excluding carboxylic acids is 2. The van der Waals surface area contributed by atoms with Crippen LogP contribution >= 0.6 is 15.9 Å². The molecule has 0 radical (unpaired) electrons. The molecule has 0 heterocycles. The number of benzene rings is 2. The monoisotopic (exact) mass is 346 g/mol. The molecular weight excluding hydrogens is 332 g/mol. The van der Waals surface area contributed by atoms with E-state index in [2.05, 4.69) is 21.2 Å².